The number of nitrogens with one attached hydrogen (secondary N) is 3. The van der Waals surface area contributed by atoms with Crippen LogP contribution in [0.25, 0.3) is 11.3 Å². The van der Waals surface area contributed by atoms with Crippen molar-refractivity contribution in [1.29, 1.82) is 0 Å². The highest BCUT2D eigenvalue weighted by molar-refractivity contribution is 5.79. The first-order chi connectivity index (χ1) is 30.9. The van der Waals surface area contributed by atoms with E-state index in [9.17, 15) is 44.7 Å². The molecule has 0 saturated carbocycles. The number of hydrogen-bond donors (Lipinski definition) is 8. The van der Waals surface area contributed by atoms with Gasteiger partial charge < -0.3 is 74.6 Å². The molecule has 6 atom stereocenters. The lowest BCUT2D eigenvalue weighted by molar-refractivity contribution is -0.310. The minimum absolute atomic E-state index is 0.0190. The molecule has 2 heterocycles. The zero-order valence-electron chi connectivity index (χ0n) is 36.9. The molecule has 0 bridgehead atoms. The van der Waals surface area contributed by atoms with Gasteiger partial charge in [-0.25, -0.2) is 9.48 Å². The fourth-order valence-electron chi connectivity index (χ4n) is 6.46. The minimum atomic E-state index is -2.42. The summed E-state index contributed by atoms with van der Waals surface area (Å²) in [7, 11) is 1.59. The van der Waals surface area contributed by atoms with Crippen LogP contribution in [0.5, 0.6) is 0 Å². The number of nitrogens with zero attached hydrogens (tertiary/aromatic N) is 3. The van der Waals surface area contributed by atoms with Gasteiger partial charge in [0, 0.05) is 45.2 Å². The van der Waals surface area contributed by atoms with Crippen molar-refractivity contribution in [3.63, 3.8) is 0 Å². The van der Waals surface area contributed by atoms with Gasteiger partial charge in [-0.15, -0.1) is 5.10 Å². The van der Waals surface area contributed by atoms with Crippen LogP contribution in [0.3, 0.4) is 0 Å². The van der Waals surface area contributed by atoms with Gasteiger partial charge in [-0.3, -0.25) is 14.4 Å². The predicted octanol–water partition coefficient (Wildman–Crippen LogP) is -1.06. The maximum absolute atomic E-state index is 12.9. The number of carboxylic acid groups (broad SMARTS) is 1. The monoisotopic (exact) mass is 912 g/mol. The molecule has 1 aromatic heterocycles. The van der Waals surface area contributed by atoms with Crippen LogP contribution in [0, 0.1) is 0 Å². The van der Waals surface area contributed by atoms with E-state index in [0.717, 1.165) is 24.8 Å². The molecule has 1 saturated heterocycles. The molecule has 0 spiro atoms. The zero-order chi connectivity index (χ0) is 46.6. The maximum Gasteiger partial charge on any atom is 0.364 e. The Labute approximate surface area is 373 Å². The smallest absolute Gasteiger partial charge is 0.364 e. The number of benzene rings is 1. The van der Waals surface area contributed by atoms with Gasteiger partial charge in [0.05, 0.1) is 96.9 Å². The van der Waals surface area contributed by atoms with Crippen molar-refractivity contribution in [1.82, 2.24) is 30.9 Å². The quantitative estimate of drug-likeness (QED) is 0.0382. The van der Waals surface area contributed by atoms with E-state index < -0.39 is 73.6 Å². The average molecular weight is 913 g/mol. The molecule has 1 aromatic carbocycles. The number of ether oxygens (including phenoxy) is 7. The van der Waals surface area contributed by atoms with E-state index in [4.69, 9.17) is 33.2 Å². The summed E-state index contributed by atoms with van der Waals surface area (Å²) in [5.74, 6) is -5.47. The minimum Gasteiger partial charge on any atom is -0.477 e. The highest BCUT2D eigenvalue weighted by Gasteiger charge is 2.55. The zero-order valence-corrected chi connectivity index (χ0v) is 36.9. The van der Waals surface area contributed by atoms with Crippen molar-refractivity contribution in [3.8, 4) is 11.3 Å². The molecule has 64 heavy (non-hydrogen) atoms. The number of rotatable bonds is 35. The van der Waals surface area contributed by atoms with Crippen molar-refractivity contribution >= 4 is 23.7 Å². The van der Waals surface area contributed by atoms with E-state index in [1.165, 1.54) is 0 Å². The molecule has 8 N–H and O–H groups in total. The number of unbranched alkanes of at least 4 members (excludes halogenated alkanes) is 3. The fraction of sp³-hybridized carbons (Fsp3) is 0.714. The van der Waals surface area contributed by atoms with Crippen LogP contribution in [0.2, 0.25) is 0 Å². The average Bonchev–Trinajstić information content (AvgIpc) is 3.76. The lowest BCUT2D eigenvalue weighted by atomic mass is 9.88. The summed E-state index contributed by atoms with van der Waals surface area (Å²) in [4.78, 5) is 48.9. The van der Waals surface area contributed by atoms with Crippen LogP contribution in [-0.2, 0) is 65.3 Å². The summed E-state index contributed by atoms with van der Waals surface area (Å²) in [6.07, 6.45) is -1.95. The van der Waals surface area contributed by atoms with Gasteiger partial charge in [0.15, 0.2) is 0 Å². The van der Waals surface area contributed by atoms with E-state index >= 15 is 0 Å². The Balaban J connectivity index is 1.38. The van der Waals surface area contributed by atoms with Gasteiger partial charge in [-0.1, -0.05) is 49.2 Å². The summed E-state index contributed by atoms with van der Waals surface area (Å²) in [5, 5.41) is 68.5. The highest BCUT2D eigenvalue weighted by atomic mass is 16.7. The van der Waals surface area contributed by atoms with E-state index in [1.54, 1.807) is 42.3 Å². The number of aliphatic hydroxyl groups excluding tert-OH is 4. The van der Waals surface area contributed by atoms with Crippen LogP contribution in [0.4, 0.5) is 0 Å². The Hall–Kier alpha value is -4.20. The van der Waals surface area contributed by atoms with Crippen LogP contribution >= 0.6 is 0 Å². The number of hydrogen-bond acceptors (Lipinski definition) is 17. The number of carbonyl (C=O) groups excluding carboxylic acids is 3. The second-order valence-corrected chi connectivity index (χ2v) is 15.1. The number of aliphatic carboxylic acids is 1. The van der Waals surface area contributed by atoms with Crippen molar-refractivity contribution in [2.24, 2.45) is 0 Å². The number of carbonyl (C=O) groups is 4. The van der Waals surface area contributed by atoms with Crippen molar-refractivity contribution in [3.05, 3.63) is 36.0 Å². The van der Waals surface area contributed by atoms with Gasteiger partial charge >= 0.3 is 5.97 Å². The Morgan fingerprint density at radius 2 is 1.50 bits per heavy atom. The molecule has 362 valence electrons. The lowest BCUT2D eigenvalue weighted by Crippen LogP contribution is -2.68. The summed E-state index contributed by atoms with van der Waals surface area (Å²) >= 11 is 0. The first-order valence-electron chi connectivity index (χ1n) is 21.7. The number of amides is 3. The summed E-state index contributed by atoms with van der Waals surface area (Å²) < 4.78 is 40.1. The highest BCUT2D eigenvalue weighted by Crippen LogP contribution is 2.34. The van der Waals surface area contributed by atoms with Crippen LogP contribution in [0.15, 0.2) is 30.5 Å². The van der Waals surface area contributed by atoms with Crippen LogP contribution < -0.4 is 16.0 Å². The van der Waals surface area contributed by atoms with E-state index in [-0.39, 0.29) is 18.9 Å². The third-order valence-corrected chi connectivity index (χ3v) is 9.97. The molecule has 22 heteroatoms. The Morgan fingerprint density at radius 3 is 2.12 bits per heavy atom. The standard InChI is InChI=1S/C42H68N6O16/c1-3-13-43-35(52)12-17-59-19-21-61-23-24-62-22-20-60-18-14-48-28-32(46-47-48)31-10-8-30(9-11-31)25-36(53)44-27-34(51)39(55)40-38(45-37(54)29-49)33(50)26-42(64-40,41(56)57)63-16-7-5-4-6-15-58-2/h8-11,28,33-34,38-40,49-51,55H,3-7,12-27,29H2,1-2H3,(H,43,52)(H,44,53)(H,45,54)(H,56,57)/t33-,34+,38+,39+,40+,42+/m0/s1. The largest absolute Gasteiger partial charge is 0.477 e. The summed E-state index contributed by atoms with van der Waals surface area (Å²) in [5.41, 5.74) is 2.00. The predicted molar refractivity (Wildman–Crippen MR) is 227 cm³/mol. The SMILES string of the molecule is CCCNC(=O)CCOCCOCCOCCOCCn1cc(-c2ccc(CC(=O)NC[C@@H](O)[C@@H](O)[C@@H]3O[C@@](OCCCCCCOC)(C(=O)O)C[C@H](O)[C@H]3NC(=O)CO)cc2)nn1. The van der Waals surface area contributed by atoms with Gasteiger partial charge in [0.1, 0.15) is 24.5 Å². The number of aliphatic hydroxyl groups is 4. The maximum atomic E-state index is 12.9. The molecule has 3 rings (SSSR count). The topological polar surface area (TPSA) is 301 Å². The Kier molecular flexibility index (Phi) is 26.1. The molecular formula is C42H68N6O16. The van der Waals surface area contributed by atoms with Crippen LogP contribution in [-0.4, -0.2) is 193 Å². The molecule has 3 amide bonds. The lowest BCUT2D eigenvalue weighted by Gasteiger charge is -2.46. The van der Waals surface area contributed by atoms with E-state index in [1.807, 2.05) is 6.92 Å². The Morgan fingerprint density at radius 1 is 0.859 bits per heavy atom. The molecule has 1 fully saturated rings. The van der Waals surface area contributed by atoms with Gasteiger partial charge in [0.2, 0.25) is 17.7 Å². The van der Waals surface area contributed by atoms with Gasteiger partial charge in [-0.05, 0) is 24.8 Å². The van der Waals surface area contributed by atoms with Gasteiger partial charge in [0.25, 0.3) is 5.79 Å². The molecule has 0 unspecified atom stereocenters. The van der Waals surface area contributed by atoms with E-state index in [0.29, 0.717) is 103 Å². The molecule has 2 aromatic rings. The Bertz CT molecular complexity index is 1640. The second kappa shape index (κ2) is 30.8. The molecule has 22 nitrogen and oxygen atoms in total. The molecular weight excluding hydrogens is 844 g/mol. The number of carboxylic acids is 1. The van der Waals surface area contributed by atoms with Crippen molar-refractivity contribution in [2.45, 2.75) is 101 Å². The second-order valence-electron chi connectivity index (χ2n) is 15.1. The molecule has 0 radical (unpaired) electrons. The molecule has 1 aliphatic rings. The van der Waals surface area contributed by atoms with Crippen LogP contribution in [0.1, 0.15) is 57.4 Å². The number of aromatic nitrogens is 3. The first kappa shape index (κ1) is 54.1. The fourth-order valence-corrected chi connectivity index (χ4v) is 6.46. The van der Waals surface area contributed by atoms with E-state index in [2.05, 4.69) is 26.3 Å². The van der Waals surface area contributed by atoms with Crippen molar-refractivity contribution in [2.75, 3.05) is 92.9 Å². The third-order valence-electron chi connectivity index (χ3n) is 9.97. The number of methoxy groups -OCH3 is 1. The summed E-state index contributed by atoms with van der Waals surface area (Å²) in [6.45, 7) is 5.38. The normalized spacial score (nSPS) is 19.5. The van der Waals surface area contributed by atoms with Crippen molar-refractivity contribution < 1.29 is 77.9 Å². The molecule has 0 aliphatic carbocycles. The summed E-state index contributed by atoms with van der Waals surface area (Å²) in [6, 6.07) is 5.58. The van der Waals surface area contributed by atoms with Gasteiger partial charge in [-0.2, -0.15) is 0 Å². The first-order valence-corrected chi connectivity index (χ1v) is 21.7. The molecule has 1 aliphatic heterocycles. The third kappa shape index (κ3) is 19.9.